The highest BCUT2D eigenvalue weighted by molar-refractivity contribution is 6.08. The van der Waals surface area contributed by atoms with Gasteiger partial charge in [0.15, 0.2) is 5.78 Å². The van der Waals surface area contributed by atoms with Crippen molar-refractivity contribution in [2.45, 2.75) is 72.2 Å². The molecular formula is C28H37BO5. The Morgan fingerprint density at radius 3 is 1.76 bits per heavy atom. The zero-order chi connectivity index (χ0) is 26.2. The topological polar surface area (TPSA) is 69.7 Å². The molecule has 182 valence electrons. The summed E-state index contributed by atoms with van der Waals surface area (Å²) in [4.78, 5) is 38.4. The van der Waals surface area contributed by atoms with Gasteiger partial charge in [-0.1, -0.05) is 67.8 Å². The average Bonchev–Trinajstić information content (AvgIpc) is 2.79. The minimum absolute atomic E-state index is 0.148. The Labute approximate surface area is 205 Å². The van der Waals surface area contributed by atoms with Crippen LogP contribution in [0.3, 0.4) is 0 Å². The second kappa shape index (κ2) is 12.0. The van der Waals surface area contributed by atoms with Crippen molar-refractivity contribution in [3.63, 3.8) is 0 Å². The smallest absolute Gasteiger partial charge is 0.319 e. The minimum atomic E-state index is -1.32. The van der Waals surface area contributed by atoms with Crippen molar-refractivity contribution < 1.29 is 23.9 Å². The first-order valence-electron chi connectivity index (χ1n) is 11.4. The van der Waals surface area contributed by atoms with E-state index in [1.165, 1.54) is 7.11 Å². The largest absolute Gasteiger partial charge is 0.468 e. The number of Topliss-reactive ketones (excluding diaryl/α,β-unsaturated/α-hetero) is 1. The van der Waals surface area contributed by atoms with Crippen LogP contribution in [-0.2, 0) is 41.3 Å². The molecule has 0 amide bonds. The SMILES string of the molecule is COC(=O)C(C)(C)c1ccccc1C(C)(C)OC(=O)C(C)(C)C(=O)Cc1ccccc1.[B]CC. The van der Waals surface area contributed by atoms with E-state index in [9.17, 15) is 14.4 Å². The van der Waals surface area contributed by atoms with E-state index in [2.05, 4.69) is 0 Å². The molecule has 2 aromatic rings. The van der Waals surface area contributed by atoms with Crippen LogP contribution in [0.2, 0.25) is 6.32 Å². The average molecular weight is 464 g/mol. The number of ether oxygens (including phenoxy) is 2. The van der Waals surface area contributed by atoms with Crippen molar-refractivity contribution in [2.75, 3.05) is 7.11 Å². The van der Waals surface area contributed by atoms with Crippen LogP contribution in [-0.4, -0.2) is 32.7 Å². The van der Waals surface area contributed by atoms with E-state index in [0.29, 0.717) is 11.1 Å². The lowest BCUT2D eigenvalue weighted by Gasteiger charge is -2.34. The van der Waals surface area contributed by atoms with Gasteiger partial charge in [-0.15, -0.1) is 0 Å². The number of hydrogen-bond donors (Lipinski definition) is 0. The highest BCUT2D eigenvalue weighted by atomic mass is 16.6. The molecule has 0 fully saturated rings. The van der Waals surface area contributed by atoms with Crippen molar-refractivity contribution >= 4 is 25.6 Å². The van der Waals surface area contributed by atoms with Crippen LogP contribution in [0.5, 0.6) is 0 Å². The molecule has 0 N–H and O–H groups in total. The quantitative estimate of drug-likeness (QED) is 0.299. The summed E-state index contributed by atoms with van der Waals surface area (Å²) in [6.07, 6.45) is 0.898. The summed E-state index contributed by atoms with van der Waals surface area (Å²) in [7, 11) is 6.19. The molecule has 34 heavy (non-hydrogen) atoms. The first-order chi connectivity index (χ1) is 15.7. The van der Waals surface area contributed by atoms with Gasteiger partial charge in [0.05, 0.1) is 20.4 Å². The standard InChI is InChI=1S/C26H32O5.C2H5B/c1-24(2,22(28)30-7)19-15-11-12-16-20(19)26(5,6)31-23(29)25(3,4)21(27)17-18-13-9-8-10-14-18;1-2-3/h8-16H,17H2,1-7H3;2H2,1H3. The second-order valence-corrected chi connectivity index (χ2v) is 9.68. The van der Waals surface area contributed by atoms with Gasteiger partial charge in [0.25, 0.3) is 0 Å². The lowest BCUT2D eigenvalue weighted by atomic mass is 9.77. The molecule has 0 heterocycles. The highest BCUT2D eigenvalue weighted by Crippen LogP contribution is 2.37. The van der Waals surface area contributed by atoms with Crippen molar-refractivity contribution in [2.24, 2.45) is 5.41 Å². The number of benzene rings is 2. The van der Waals surface area contributed by atoms with Crippen molar-refractivity contribution in [3.05, 3.63) is 71.3 Å². The number of ketones is 1. The van der Waals surface area contributed by atoms with Crippen LogP contribution in [0.15, 0.2) is 54.6 Å². The molecule has 0 spiro atoms. The molecule has 0 saturated heterocycles. The Morgan fingerprint density at radius 1 is 0.794 bits per heavy atom. The van der Waals surface area contributed by atoms with Crippen molar-refractivity contribution in [3.8, 4) is 0 Å². The van der Waals surface area contributed by atoms with E-state index >= 15 is 0 Å². The van der Waals surface area contributed by atoms with Crippen LogP contribution in [0.1, 0.15) is 65.2 Å². The number of methoxy groups -OCH3 is 1. The predicted octanol–water partition coefficient (Wildman–Crippen LogP) is 5.35. The van der Waals surface area contributed by atoms with Gasteiger partial charge in [0, 0.05) is 6.42 Å². The predicted molar refractivity (Wildman–Crippen MR) is 136 cm³/mol. The lowest BCUT2D eigenvalue weighted by molar-refractivity contribution is -0.170. The maximum absolute atomic E-state index is 13.1. The first-order valence-corrected chi connectivity index (χ1v) is 11.4. The van der Waals surface area contributed by atoms with E-state index in [1.54, 1.807) is 41.5 Å². The van der Waals surface area contributed by atoms with Gasteiger partial charge in [-0.05, 0) is 58.2 Å². The van der Waals surface area contributed by atoms with E-state index in [1.807, 2.05) is 61.5 Å². The summed E-state index contributed by atoms with van der Waals surface area (Å²) in [5.74, 6) is -1.22. The number of carbonyl (C=O) groups is 3. The molecule has 0 saturated carbocycles. The summed E-state index contributed by atoms with van der Waals surface area (Å²) in [5, 5.41) is 0. The van der Waals surface area contributed by atoms with Gasteiger partial charge in [-0.25, -0.2) is 0 Å². The van der Waals surface area contributed by atoms with Gasteiger partial charge in [-0.2, -0.15) is 0 Å². The second-order valence-electron chi connectivity index (χ2n) is 9.68. The number of carbonyl (C=O) groups excluding carboxylic acids is 3. The van der Waals surface area contributed by atoms with Gasteiger partial charge in [0.2, 0.25) is 0 Å². The van der Waals surface area contributed by atoms with E-state index in [0.717, 1.165) is 11.9 Å². The normalized spacial score (nSPS) is 11.6. The monoisotopic (exact) mass is 464 g/mol. The van der Waals surface area contributed by atoms with Crippen molar-refractivity contribution in [1.82, 2.24) is 0 Å². The van der Waals surface area contributed by atoms with Gasteiger partial charge < -0.3 is 9.47 Å². The third-order valence-electron chi connectivity index (χ3n) is 5.71. The first kappa shape index (κ1) is 29.1. The molecule has 6 heteroatoms. The number of esters is 2. The molecule has 0 unspecified atom stereocenters. The van der Waals surface area contributed by atoms with Crippen molar-refractivity contribution in [1.29, 1.82) is 0 Å². The lowest BCUT2D eigenvalue weighted by Crippen LogP contribution is -2.41. The van der Waals surface area contributed by atoms with Gasteiger partial charge >= 0.3 is 11.9 Å². The zero-order valence-electron chi connectivity index (χ0n) is 21.7. The number of hydrogen-bond acceptors (Lipinski definition) is 5. The maximum atomic E-state index is 13.1. The molecule has 0 aliphatic rings. The third kappa shape index (κ3) is 7.05. The molecule has 5 nitrogen and oxygen atoms in total. The minimum Gasteiger partial charge on any atom is -0.468 e. The Balaban J connectivity index is 0.00000182. The number of rotatable bonds is 8. The molecular weight excluding hydrogens is 427 g/mol. The van der Waals surface area contributed by atoms with Crippen LogP contribution in [0, 0.1) is 5.41 Å². The molecule has 2 radical (unpaired) electrons. The Morgan fingerprint density at radius 2 is 1.26 bits per heavy atom. The van der Waals surface area contributed by atoms with Gasteiger partial charge in [-0.3, -0.25) is 14.4 Å². The molecule has 0 aliphatic heterocycles. The zero-order valence-corrected chi connectivity index (χ0v) is 21.7. The van der Waals surface area contributed by atoms with Crippen LogP contribution >= 0.6 is 0 Å². The summed E-state index contributed by atoms with van der Waals surface area (Å²) in [6, 6.07) is 16.6. The maximum Gasteiger partial charge on any atom is 0.319 e. The highest BCUT2D eigenvalue weighted by Gasteiger charge is 2.43. The molecule has 0 bridgehead atoms. The summed E-state index contributed by atoms with van der Waals surface area (Å²) in [6.45, 7) is 12.1. The van der Waals surface area contributed by atoms with Gasteiger partial charge in [0.1, 0.15) is 11.0 Å². The summed E-state index contributed by atoms with van der Waals surface area (Å²) < 4.78 is 10.9. The summed E-state index contributed by atoms with van der Waals surface area (Å²) >= 11 is 0. The fourth-order valence-electron chi connectivity index (χ4n) is 3.45. The fourth-order valence-corrected chi connectivity index (χ4v) is 3.45. The van der Waals surface area contributed by atoms with Crippen LogP contribution in [0.25, 0.3) is 0 Å². The Hall–Kier alpha value is -2.89. The van der Waals surface area contributed by atoms with Crippen LogP contribution in [0.4, 0.5) is 0 Å². The molecule has 0 atom stereocenters. The van der Waals surface area contributed by atoms with E-state index in [4.69, 9.17) is 17.3 Å². The Bertz CT molecular complexity index is 977. The molecule has 2 rings (SSSR count). The van der Waals surface area contributed by atoms with E-state index < -0.39 is 22.4 Å². The molecule has 2 aromatic carbocycles. The summed E-state index contributed by atoms with van der Waals surface area (Å²) in [5.41, 5.74) is -1.09. The Kier molecular flexibility index (Phi) is 10.3. The molecule has 0 aromatic heterocycles. The van der Waals surface area contributed by atoms with E-state index in [-0.39, 0.29) is 18.2 Å². The molecule has 0 aliphatic carbocycles. The fraction of sp³-hybridized carbons (Fsp3) is 0.464. The van der Waals surface area contributed by atoms with Crippen LogP contribution < -0.4 is 0 Å². The third-order valence-corrected chi connectivity index (χ3v) is 5.71.